The van der Waals surface area contributed by atoms with Crippen LogP contribution in [0.2, 0.25) is 0 Å². The molecule has 0 fully saturated rings. The zero-order valence-electron chi connectivity index (χ0n) is 8.46. The standard InChI is InChI=1S/C11H12N2S2/c1-11(7-3-5-9-13-11)15-14-10-6-2-4-8-12-10/h2-6,8-9H,7H2,1H3/t11-/m0/s1. The van der Waals surface area contributed by atoms with Crippen LogP contribution < -0.4 is 0 Å². The van der Waals surface area contributed by atoms with Crippen molar-refractivity contribution in [2.45, 2.75) is 23.2 Å². The number of dihydropyridines is 1. The van der Waals surface area contributed by atoms with Gasteiger partial charge < -0.3 is 0 Å². The third-order valence-corrected chi connectivity index (χ3v) is 4.98. The number of pyridine rings is 1. The van der Waals surface area contributed by atoms with E-state index in [1.165, 1.54) is 0 Å². The fourth-order valence-electron chi connectivity index (χ4n) is 1.19. The highest BCUT2D eigenvalue weighted by molar-refractivity contribution is 8.77. The molecule has 1 atom stereocenters. The maximum absolute atomic E-state index is 4.48. The van der Waals surface area contributed by atoms with Crippen molar-refractivity contribution in [3.8, 4) is 0 Å². The monoisotopic (exact) mass is 236 g/mol. The van der Waals surface area contributed by atoms with Gasteiger partial charge in [0.05, 0.1) is 0 Å². The predicted octanol–water partition coefficient (Wildman–Crippen LogP) is 3.57. The van der Waals surface area contributed by atoms with Crippen LogP contribution in [0, 0.1) is 0 Å². The van der Waals surface area contributed by atoms with Crippen LogP contribution in [0.1, 0.15) is 13.3 Å². The lowest BCUT2D eigenvalue weighted by atomic mass is 10.2. The van der Waals surface area contributed by atoms with Crippen molar-refractivity contribution in [3.63, 3.8) is 0 Å². The molecule has 0 aliphatic carbocycles. The van der Waals surface area contributed by atoms with Crippen LogP contribution in [0.3, 0.4) is 0 Å². The van der Waals surface area contributed by atoms with Gasteiger partial charge in [-0.3, -0.25) is 4.99 Å². The fraction of sp³-hybridized carbons (Fsp3) is 0.273. The Labute approximate surface area is 97.7 Å². The van der Waals surface area contributed by atoms with Crippen LogP contribution in [0.25, 0.3) is 0 Å². The van der Waals surface area contributed by atoms with Gasteiger partial charge in [0, 0.05) is 18.8 Å². The molecule has 1 aromatic heterocycles. The largest absolute Gasteiger partial charge is 0.275 e. The van der Waals surface area contributed by atoms with E-state index in [-0.39, 0.29) is 4.87 Å². The van der Waals surface area contributed by atoms with Gasteiger partial charge in [-0.25, -0.2) is 4.98 Å². The molecule has 0 saturated heterocycles. The van der Waals surface area contributed by atoms with Gasteiger partial charge >= 0.3 is 0 Å². The van der Waals surface area contributed by atoms with Gasteiger partial charge in [0.1, 0.15) is 9.90 Å². The maximum Gasteiger partial charge on any atom is 0.117 e. The lowest BCUT2D eigenvalue weighted by Crippen LogP contribution is -2.16. The third-order valence-electron chi connectivity index (χ3n) is 2.01. The second-order valence-corrected chi connectivity index (χ2v) is 6.05. The number of aromatic nitrogens is 1. The zero-order chi connectivity index (χ0) is 10.6. The van der Waals surface area contributed by atoms with E-state index in [9.17, 15) is 0 Å². The fourth-order valence-corrected chi connectivity index (χ4v) is 3.38. The van der Waals surface area contributed by atoms with Gasteiger partial charge in [-0.2, -0.15) is 0 Å². The lowest BCUT2D eigenvalue weighted by Gasteiger charge is -2.23. The lowest BCUT2D eigenvalue weighted by molar-refractivity contribution is 0.694. The number of aliphatic imine (C=N–C) groups is 1. The molecule has 0 saturated carbocycles. The Bertz CT molecular complexity index is 375. The van der Waals surface area contributed by atoms with Gasteiger partial charge in [0.25, 0.3) is 0 Å². The first-order valence-corrected chi connectivity index (χ1v) is 6.91. The number of rotatable bonds is 3. The molecule has 1 aliphatic heterocycles. The number of nitrogens with zero attached hydrogens (tertiary/aromatic N) is 2. The Hall–Kier alpha value is -0.740. The maximum atomic E-state index is 4.48. The molecule has 15 heavy (non-hydrogen) atoms. The first kappa shape index (κ1) is 10.8. The van der Waals surface area contributed by atoms with Crippen molar-refractivity contribution in [1.82, 2.24) is 4.98 Å². The number of hydrogen-bond donors (Lipinski definition) is 0. The van der Waals surface area contributed by atoms with E-state index in [1.807, 2.05) is 36.7 Å². The summed E-state index contributed by atoms with van der Waals surface area (Å²) in [5.41, 5.74) is 0. The molecule has 0 unspecified atom stereocenters. The van der Waals surface area contributed by atoms with Gasteiger partial charge in [-0.1, -0.05) is 22.9 Å². The van der Waals surface area contributed by atoms with Gasteiger partial charge in [-0.05, 0) is 35.9 Å². The summed E-state index contributed by atoms with van der Waals surface area (Å²) in [6.07, 6.45) is 8.81. The molecular formula is C11H12N2S2. The topological polar surface area (TPSA) is 25.2 Å². The van der Waals surface area contributed by atoms with E-state index in [4.69, 9.17) is 0 Å². The molecule has 2 heterocycles. The first-order chi connectivity index (χ1) is 7.29. The molecule has 2 rings (SSSR count). The predicted molar refractivity (Wildman–Crippen MR) is 68.3 cm³/mol. The Morgan fingerprint density at radius 1 is 1.40 bits per heavy atom. The highest BCUT2D eigenvalue weighted by Crippen LogP contribution is 2.43. The first-order valence-electron chi connectivity index (χ1n) is 4.76. The minimum absolute atomic E-state index is 0.0447. The molecule has 4 heteroatoms. The third kappa shape index (κ3) is 3.11. The Kier molecular flexibility index (Phi) is 3.49. The average Bonchev–Trinajstić information content (AvgIpc) is 2.29. The summed E-state index contributed by atoms with van der Waals surface area (Å²) in [5, 5.41) is 1.04. The molecule has 0 aromatic carbocycles. The molecule has 0 amide bonds. The molecule has 1 aliphatic rings. The molecule has 0 N–H and O–H groups in total. The van der Waals surface area contributed by atoms with Crippen molar-refractivity contribution in [1.29, 1.82) is 0 Å². The Morgan fingerprint density at radius 2 is 2.33 bits per heavy atom. The van der Waals surface area contributed by atoms with Crippen molar-refractivity contribution in [2.24, 2.45) is 4.99 Å². The summed E-state index contributed by atoms with van der Waals surface area (Å²) < 4.78 is 0. The van der Waals surface area contributed by atoms with Gasteiger partial charge in [0.2, 0.25) is 0 Å². The van der Waals surface area contributed by atoms with E-state index in [0.717, 1.165) is 11.4 Å². The molecular weight excluding hydrogens is 224 g/mol. The smallest absolute Gasteiger partial charge is 0.117 e. The van der Waals surface area contributed by atoms with Gasteiger partial charge in [-0.15, -0.1) is 0 Å². The van der Waals surface area contributed by atoms with Crippen LogP contribution >= 0.6 is 21.6 Å². The van der Waals surface area contributed by atoms with E-state index in [0.29, 0.717) is 0 Å². The summed E-state index contributed by atoms with van der Waals surface area (Å²) >= 11 is 0. The summed E-state index contributed by atoms with van der Waals surface area (Å²) in [7, 11) is 3.44. The quantitative estimate of drug-likeness (QED) is 0.750. The molecule has 1 aromatic rings. The number of hydrogen-bond acceptors (Lipinski definition) is 4. The second kappa shape index (κ2) is 4.86. The van der Waals surface area contributed by atoms with Crippen LogP contribution in [0.5, 0.6) is 0 Å². The normalized spacial score (nSPS) is 24.3. The van der Waals surface area contributed by atoms with Crippen molar-refractivity contribution >= 4 is 27.8 Å². The summed E-state index contributed by atoms with van der Waals surface area (Å²) in [4.78, 5) is 8.70. The minimum atomic E-state index is -0.0447. The molecule has 2 nitrogen and oxygen atoms in total. The second-order valence-electron chi connectivity index (χ2n) is 3.42. The van der Waals surface area contributed by atoms with Crippen LogP contribution in [-0.4, -0.2) is 16.1 Å². The van der Waals surface area contributed by atoms with Crippen LogP contribution in [-0.2, 0) is 0 Å². The Balaban J connectivity index is 1.93. The minimum Gasteiger partial charge on any atom is -0.275 e. The van der Waals surface area contributed by atoms with E-state index in [2.05, 4.69) is 23.0 Å². The Morgan fingerprint density at radius 3 is 3.00 bits per heavy atom. The molecule has 0 spiro atoms. The van der Waals surface area contributed by atoms with Crippen molar-refractivity contribution in [3.05, 3.63) is 36.5 Å². The zero-order valence-corrected chi connectivity index (χ0v) is 10.1. The van der Waals surface area contributed by atoms with Crippen molar-refractivity contribution in [2.75, 3.05) is 0 Å². The highest BCUT2D eigenvalue weighted by atomic mass is 33.1. The number of allylic oxidation sites excluding steroid dienone is 1. The summed E-state index contributed by atoms with van der Waals surface area (Å²) in [6.45, 7) is 2.15. The molecule has 78 valence electrons. The SMILES string of the molecule is C[C@]1(SSc2ccccn2)CC=CC=N1. The van der Waals surface area contributed by atoms with Crippen molar-refractivity contribution < 1.29 is 0 Å². The molecule has 0 radical (unpaired) electrons. The van der Waals surface area contributed by atoms with Crippen LogP contribution in [0.15, 0.2) is 46.6 Å². The van der Waals surface area contributed by atoms with E-state index in [1.54, 1.807) is 21.6 Å². The molecule has 0 bridgehead atoms. The summed E-state index contributed by atoms with van der Waals surface area (Å²) in [6, 6.07) is 5.95. The summed E-state index contributed by atoms with van der Waals surface area (Å²) in [5.74, 6) is 0. The van der Waals surface area contributed by atoms with Gasteiger partial charge in [0.15, 0.2) is 0 Å². The van der Waals surface area contributed by atoms with Crippen LogP contribution in [0.4, 0.5) is 0 Å². The van der Waals surface area contributed by atoms with E-state index < -0.39 is 0 Å². The highest BCUT2D eigenvalue weighted by Gasteiger charge is 2.23. The van der Waals surface area contributed by atoms with E-state index >= 15 is 0 Å². The average molecular weight is 236 g/mol.